The number of aryl methyl sites for hydroxylation is 1. The van der Waals surface area contributed by atoms with Gasteiger partial charge in [-0.15, -0.1) is 0 Å². The third-order valence-corrected chi connectivity index (χ3v) is 5.49. The van der Waals surface area contributed by atoms with Crippen molar-refractivity contribution in [1.29, 1.82) is 0 Å². The molecule has 3 aromatic heterocycles. The summed E-state index contributed by atoms with van der Waals surface area (Å²) in [5, 5.41) is 8.14. The smallest absolute Gasteiger partial charge is 0.322 e. The first kappa shape index (κ1) is 19.0. The molecule has 0 aliphatic carbocycles. The van der Waals surface area contributed by atoms with E-state index in [0.717, 1.165) is 33.4 Å². The molecule has 31 heavy (non-hydrogen) atoms. The van der Waals surface area contributed by atoms with Crippen molar-refractivity contribution < 1.29 is 9.53 Å². The number of nitrogens with one attached hydrogen (secondary N) is 1. The lowest BCUT2D eigenvalue weighted by Crippen LogP contribution is -2.39. The van der Waals surface area contributed by atoms with Crippen LogP contribution in [-0.2, 0) is 20.0 Å². The molecule has 1 aromatic carbocycles. The van der Waals surface area contributed by atoms with Crippen LogP contribution in [0.15, 0.2) is 55.0 Å². The Morgan fingerprint density at radius 2 is 2.03 bits per heavy atom. The first-order valence-electron chi connectivity index (χ1n) is 10.1. The van der Waals surface area contributed by atoms with E-state index in [9.17, 15) is 4.79 Å². The molecule has 2 amide bonds. The number of nitrogens with zero attached hydrogens (tertiary/aromatic N) is 5. The first-order valence-corrected chi connectivity index (χ1v) is 10.1. The van der Waals surface area contributed by atoms with Gasteiger partial charge in [0.25, 0.3) is 0 Å². The van der Waals surface area contributed by atoms with Gasteiger partial charge in [0.15, 0.2) is 5.65 Å². The molecule has 4 heterocycles. The number of hydrogen-bond donors (Lipinski definition) is 1. The highest BCUT2D eigenvalue weighted by Crippen LogP contribution is 2.27. The summed E-state index contributed by atoms with van der Waals surface area (Å²) in [6.07, 6.45) is 6.29. The van der Waals surface area contributed by atoms with Crippen LogP contribution in [0.25, 0.3) is 22.2 Å². The number of carbonyl (C=O) groups is 1. The third kappa shape index (κ3) is 3.68. The fourth-order valence-corrected chi connectivity index (χ4v) is 3.87. The molecule has 0 radical (unpaired) electrons. The monoisotopic (exact) mass is 414 g/mol. The largest absolute Gasteiger partial charge is 0.495 e. The van der Waals surface area contributed by atoms with E-state index < -0.39 is 0 Å². The molecule has 0 unspecified atom stereocenters. The zero-order chi connectivity index (χ0) is 21.4. The first-order chi connectivity index (χ1) is 15.1. The van der Waals surface area contributed by atoms with E-state index in [1.165, 1.54) is 0 Å². The van der Waals surface area contributed by atoms with E-state index in [2.05, 4.69) is 27.5 Å². The number of methoxy groups -OCH3 is 1. The van der Waals surface area contributed by atoms with Gasteiger partial charge in [-0.1, -0.05) is 12.1 Å². The Bertz CT molecular complexity index is 1280. The van der Waals surface area contributed by atoms with Crippen LogP contribution in [0, 0.1) is 0 Å². The highest BCUT2D eigenvalue weighted by molar-refractivity contribution is 5.91. The van der Waals surface area contributed by atoms with Crippen molar-refractivity contribution in [2.24, 2.45) is 7.05 Å². The summed E-state index contributed by atoms with van der Waals surface area (Å²) >= 11 is 0. The summed E-state index contributed by atoms with van der Waals surface area (Å²) in [5.74, 6) is 0.634. The van der Waals surface area contributed by atoms with Crippen LogP contribution in [-0.4, -0.2) is 44.3 Å². The molecule has 0 bridgehead atoms. The topological polar surface area (TPSA) is 85.2 Å². The number of amides is 2. The lowest BCUT2D eigenvalue weighted by atomic mass is 10.0. The molecule has 4 aromatic rings. The van der Waals surface area contributed by atoms with Gasteiger partial charge in [-0.3, -0.25) is 4.68 Å². The van der Waals surface area contributed by atoms with Crippen LogP contribution >= 0.6 is 0 Å². The van der Waals surface area contributed by atoms with Gasteiger partial charge in [0.05, 0.1) is 19.0 Å². The van der Waals surface area contributed by atoms with Crippen LogP contribution in [0.4, 0.5) is 10.5 Å². The second-order valence-electron chi connectivity index (χ2n) is 7.57. The molecule has 8 nitrogen and oxygen atoms in total. The maximum atomic E-state index is 12.9. The highest BCUT2D eigenvalue weighted by atomic mass is 16.5. The number of benzene rings is 1. The zero-order valence-corrected chi connectivity index (χ0v) is 17.4. The summed E-state index contributed by atoms with van der Waals surface area (Å²) in [4.78, 5) is 24.0. The lowest BCUT2D eigenvalue weighted by Gasteiger charge is -2.28. The molecule has 1 N–H and O–H groups in total. The van der Waals surface area contributed by atoms with Crippen molar-refractivity contribution in [3.63, 3.8) is 0 Å². The Balaban J connectivity index is 1.40. The van der Waals surface area contributed by atoms with Crippen molar-refractivity contribution in [3.8, 4) is 16.9 Å². The van der Waals surface area contributed by atoms with Gasteiger partial charge in [0.2, 0.25) is 0 Å². The fourth-order valence-electron chi connectivity index (χ4n) is 3.87. The normalized spacial score (nSPS) is 13.2. The van der Waals surface area contributed by atoms with Gasteiger partial charge in [0, 0.05) is 61.2 Å². The molecule has 8 heteroatoms. The van der Waals surface area contributed by atoms with Gasteiger partial charge in [-0.05, 0) is 29.8 Å². The predicted octanol–water partition coefficient (Wildman–Crippen LogP) is 3.63. The maximum absolute atomic E-state index is 12.9. The number of rotatable bonds is 3. The molecule has 0 saturated heterocycles. The van der Waals surface area contributed by atoms with Crippen molar-refractivity contribution in [3.05, 3.63) is 66.2 Å². The van der Waals surface area contributed by atoms with Gasteiger partial charge in [-0.2, -0.15) is 5.10 Å². The highest BCUT2D eigenvalue weighted by Gasteiger charge is 2.23. The fraction of sp³-hybridized carbons (Fsp3) is 0.217. The summed E-state index contributed by atoms with van der Waals surface area (Å²) in [6.45, 7) is 1.09. The Hall–Kier alpha value is -3.94. The predicted molar refractivity (Wildman–Crippen MR) is 118 cm³/mol. The average Bonchev–Trinajstić information content (AvgIpc) is 3.23. The summed E-state index contributed by atoms with van der Waals surface area (Å²) < 4.78 is 7.10. The molecule has 156 valence electrons. The minimum Gasteiger partial charge on any atom is -0.495 e. The van der Waals surface area contributed by atoms with Gasteiger partial charge >= 0.3 is 6.03 Å². The van der Waals surface area contributed by atoms with Crippen LogP contribution in [0.5, 0.6) is 5.75 Å². The molecule has 0 atom stereocenters. The van der Waals surface area contributed by atoms with E-state index in [1.807, 2.05) is 49.9 Å². The summed E-state index contributed by atoms with van der Waals surface area (Å²) in [7, 11) is 3.48. The summed E-state index contributed by atoms with van der Waals surface area (Å²) in [6, 6.07) is 11.4. The minimum absolute atomic E-state index is 0.155. The Labute approximate surface area is 179 Å². The SMILES string of the molecule is COc1ccccc1NC(=O)N1CCc2nc3ncc(-c4cnn(C)c4)cc3cc2C1. The standard InChI is InChI=1S/C23H22N6O2/c1-28-13-18(12-25-28)16-9-15-10-17-14-29(8-7-19(17)26-22(15)24-11-16)23(30)27-20-5-3-4-6-21(20)31-2/h3-6,9-13H,7-8,14H2,1-2H3,(H,27,30). The number of ether oxygens (including phenoxy) is 1. The van der Waals surface area contributed by atoms with E-state index in [4.69, 9.17) is 9.72 Å². The number of carbonyl (C=O) groups excluding carboxylic acids is 1. The van der Waals surface area contributed by atoms with E-state index in [1.54, 1.807) is 16.7 Å². The van der Waals surface area contributed by atoms with Crippen molar-refractivity contribution in [2.45, 2.75) is 13.0 Å². The van der Waals surface area contributed by atoms with Crippen molar-refractivity contribution in [2.75, 3.05) is 19.0 Å². The average molecular weight is 414 g/mol. The van der Waals surface area contributed by atoms with Crippen LogP contribution < -0.4 is 10.1 Å². The number of pyridine rings is 2. The number of fused-ring (bicyclic) bond motifs is 2. The van der Waals surface area contributed by atoms with Gasteiger partial charge < -0.3 is 15.0 Å². The van der Waals surface area contributed by atoms with Gasteiger partial charge in [0.1, 0.15) is 5.75 Å². The zero-order valence-electron chi connectivity index (χ0n) is 17.4. The molecule has 0 spiro atoms. The Kier molecular flexibility index (Phi) is 4.74. The Morgan fingerprint density at radius 1 is 1.16 bits per heavy atom. The maximum Gasteiger partial charge on any atom is 0.322 e. The van der Waals surface area contributed by atoms with E-state index >= 15 is 0 Å². The number of aromatic nitrogens is 4. The van der Waals surface area contributed by atoms with Gasteiger partial charge in [-0.25, -0.2) is 14.8 Å². The molecule has 5 rings (SSSR count). The minimum atomic E-state index is -0.155. The van der Waals surface area contributed by atoms with Crippen LogP contribution in [0.2, 0.25) is 0 Å². The summed E-state index contributed by atoms with van der Waals surface area (Å²) in [5.41, 5.74) is 5.41. The number of anilines is 1. The number of para-hydroxylation sites is 2. The number of urea groups is 1. The molecular formula is C23H22N6O2. The molecule has 0 fully saturated rings. The Morgan fingerprint density at radius 3 is 2.84 bits per heavy atom. The molecular weight excluding hydrogens is 392 g/mol. The molecule has 0 saturated carbocycles. The van der Waals surface area contributed by atoms with Crippen LogP contribution in [0.1, 0.15) is 11.3 Å². The second kappa shape index (κ2) is 7.71. The van der Waals surface area contributed by atoms with Crippen molar-refractivity contribution >= 4 is 22.8 Å². The quantitative estimate of drug-likeness (QED) is 0.553. The third-order valence-electron chi connectivity index (χ3n) is 5.49. The lowest BCUT2D eigenvalue weighted by molar-refractivity contribution is 0.206. The van der Waals surface area contributed by atoms with Crippen LogP contribution in [0.3, 0.4) is 0 Å². The molecule has 1 aliphatic rings. The van der Waals surface area contributed by atoms with E-state index in [0.29, 0.717) is 30.9 Å². The number of hydrogen-bond acceptors (Lipinski definition) is 5. The van der Waals surface area contributed by atoms with E-state index in [-0.39, 0.29) is 6.03 Å². The second-order valence-corrected chi connectivity index (χ2v) is 7.57. The molecule has 1 aliphatic heterocycles. The van der Waals surface area contributed by atoms with Crippen molar-refractivity contribution in [1.82, 2.24) is 24.6 Å².